The fourth-order valence-corrected chi connectivity index (χ4v) is 0.618. The van der Waals surface area contributed by atoms with Crippen LogP contribution >= 0.6 is 12.4 Å². The van der Waals surface area contributed by atoms with Gasteiger partial charge < -0.3 is 10.6 Å². The van der Waals surface area contributed by atoms with Gasteiger partial charge in [0, 0.05) is 12.1 Å². The van der Waals surface area contributed by atoms with Crippen molar-refractivity contribution in [1.29, 1.82) is 0 Å². The van der Waals surface area contributed by atoms with E-state index in [1.807, 2.05) is 7.05 Å². The minimum Gasteiger partial charge on any atom is -0.352 e. The third-order valence-corrected chi connectivity index (χ3v) is 1.78. The highest BCUT2D eigenvalue weighted by Crippen LogP contribution is 1.84. The highest BCUT2D eigenvalue weighted by Gasteiger charge is 1.97. The number of carbonyl (C=O) groups is 1. The highest BCUT2D eigenvalue weighted by atomic mass is 35.5. The molecule has 0 bridgehead atoms. The molecule has 98 valence electrons. The Labute approximate surface area is 106 Å². The number of unbranched alkanes of at least 4 members (excludes halogenated alkanes) is 1. The molecule has 0 aromatic heterocycles. The summed E-state index contributed by atoms with van der Waals surface area (Å²) in [6, 6.07) is 0. The second kappa shape index (κ2) is 16.9. The number of nitrogens with one attached hydrogen (secondary N) is 2. The molecule has 0 radical (unpaired) electrons. The molecule has 4 heteroatoms. The Morgan fingerprint density at radius 1 is 1.19 bits per heavy atom. The molecule has 16 heavy (non-hydrogen) atoms. The van der Waals surface area contributed by atoms with E-state index < -0.39 is 0 Å². The van der Waals surface area contributed by atoms with Gasteiger partial charge in [-0.15, -0.1) is 12.4 Å². The van der Waals surface area contributed by atoms with Crippen molar-refractivity contribution in [3.8, 4) is 0 Å². The van der Waals surface area contributed by atoms with E-state index in [0.29, 0.717) is 12.1 Å². The van der Waals surface area contributed by atoms with Crippen molar-refractivity contribution in [3.05, 3.63) is 12.2 Å². The van der Waals surface area contributed by atoms with Gasteiger partial charge in [-0.3, -0.25) is 4.79 Å². The molecule has 0 unspecified atom stereocenters. The summed E-state index contributed by atoms with van der Waals surface area (Å²) in [7, 11) is 1.89. The van der Waals surface area contributed by atoms with E-state index >= 15 is 0 Å². The fraction of sp³-hybridized carbons (Fsp3) is 0.750. The van der Waals surface area contributed by atoms with Crippen molar-refractivity contribution in [1.82, 2.24) is 10.6 Å². The lowest BCUT2D eigenvalue weighted by atomic mass is 10.3. The highest BCUT2D eigenvalue weighted by molar-refractivity contribution is 5.91. The summed E-state index contributed by atoms with van der Waals surface area (Å²) >= 11 is 0. The molecule has 0 saturated heterocycles. The molecular formula is C12H27ClN2O. The van der Waals surface area contributed by atoms with Gasteiger partial charge in [0.2, 0.25) is 5.91 Å². The molecule has 0 saturated carbocycles. The van der Waals surface area contributed by atoms with Crippen molar-refractivity contribution in [2.24, 2.45) is 0 Å². The van der Waals surface area contributed by atoms with Gasteiger partial charge in [-0.1, -0.05) is 33.3 Å². The monoisotopic (exact) mass is 250 g/mol. The number of hydrogen-bond acceptors (Lipinski definition) is 2. The molecule has 0 heterocycles. The molecule has 0 aliphatic rings. The Kier molecular flexibility index (Phi) is 22.0. The molecular weight excluding hydrogens is 224 g/mol. The summed E-state index contributed by atoms with van der Waals surface area (Å²) in [5.41, 5.74) is 0.564. The van der Waals surface area contributed by atoms with Crippen LogP contribution in [0.2, 0.25) is 0 Å². The Hall–Kier alpha value is -0.540. The third-order valence-electron chi connectivity index (χ3n) is 1.78. The zero-order valence-electron chi connectivity index (χ0n) is 11.1. The van der Waals surface area contributed by atoms with E-state index in [1.165, 1.54) is 12.8 Å². The second-order valence-electron chi connectivity index (χ2n) is 3.49. The molecule has 2 N–H and O–H groups in total. The smallest absolute Gasteiger partial charge is 0.246 e. The predicted molar refractivity (Wildman–Crippen MR) is 74.2 cm³/mol. The normalized spacial score (nSPS) is 8.25. The van der Waals surface area contributed by atoms with Gasteiger partial charge in [-0.25, -0.2) is 0 Å². The van der Waals surface area contributed by atoms with Crippen molar-refractivity contribution >= 4 is 18.3 Å². The van der Waals surface area contributed by atoms with Crippen molar-refractivity contribution in [2.75, 3.05) is 20.1 Å². The predicted octanol–water partition coefficient (Wildman–Crippen LogP) is 2.52. The van der Waals surface area contributed by atoms with Gasteiger partial charge in [0.05, 0.1) is 0 Å². The number of hydrogen-bond donors (Lipinski definition) is 2. The van der Waals surface area contributed by atoms with Gasteiger partial charge in [0.15, 0.2) is 0 Å². The van der Waals surface area contributed by atoms with Crippen LogP contribution in [0.1, 0.15) is 40.0 Å². The van der Waals surface area contributed by atoms with E-state index in [0.717, 1.165) is 13.0 Å². The van der Waals surface area contributed by atoms with Crippen LogP contribution in [-0.2, 0) is 4.79 Å². The van der Waals surface area contributed by atoms with Gasteiger partial charge in [-0.05, 0) is 26.9 Å². The Morgan fingerprint density at radius 2 is 1.69 bits per heavy atom. The van der Waals surface area contributed by atoms with Crippen molar-refractivity contribution in [3.63, 3.8) is 0 Å². The van der Waals surface area contributed by atoms with Gasteiger partial charge in [-0.2, -0.15) is 0 Å². The lowest BCUT2D eigenvalue weighted by Crippen LogP contribution is -2.26. The van der Waals surface area contributed by atoms with Crippen LogP contribution in [0.4, 0.5) is 0 Å². The first-order chi connectivity index (χ1) is 7.09. The van der Waals surface area contributed by atoms with Crippen LogP contribution < -0.4 is 10.6 Å². The molecule has 0 rings (SSSR count). The maximum absolute atomic E-state index is 10.9. The van der Waals surface area contributed by atoms with Crippen LogP contribution in [0, 0.1) is 0 Å². The second-order valence-corrected chi connectivity index (χ2v) is 3.49. The largest absolute Gasteiger partial charge is 0.352 e. The minimum atomic E-state index is -0.0545. The fourth-order valence-electron chi connectivity index (χ4n) is 0.618. The zero-order valence-corrected chi connectivity index (χ0v) is 11.9. The molecule has 3 nitrogen and oxygen atoms in total. The Balaban J connectivity index is -0.000000292. The lowest BCUT2D eigenvalue weighted by molar-refractivity contribution is -0.117. The van der Waals surface area contributed by atoms with E-state index in [1.54, 1.807) is 6.92 Å². The number of amides is 1. The summed E-state index contributed by atoms with van der Waals surface area (Å²) in [6.45, 7) is 11.2. The number of carbonyl (C=O) groups excluding carboxylic acids is 1. The van der Waals surface area contributed by atoms with Crippen LogP contribution in [0.15, 0.2) is 12.2 Å². The molecule has 0 aromatic carbocycles. The van der Waals surface area contributed by atoms with E-state index in [4.69, 9.17) is 0 Å². The minimum absolute atomic E-state index is 0. The summed E-state index contributed by atoms with van der Waals surface area (Å²) in [4.78, 5) is 10.9. The zero-order chi connectivity index (χ0) is 12.1. The molecule has 0 aliphatic carbocycles. The Bertz CT molecular complexity index is 170. The average molecular weight is 251 g/mol. The maximum atomic E-state index is 10.9. The topological polar surface area (TPSA) is 41.1 Å². The number of rotatable bonds is 6. The van der Waals surface area contributed by atoms with E-state index in [9.17, 15) is 4.79 Å². The van der Waals surface area contributed by atoms with Gasteiger partial charge >= 0.3 is 0 Å². The summed E-state index contributed by atoms with van der Waals surface area (Å²) in [5.74, 6) is -0.0545. The first kappa shape index (κ1) is 20.8. The lowest BCUT2D eigenvalue weighted by Gasteiger charge is -2.03. The quantitative estimate of drug-likeness (QED) is 0.562. The maximum Gasteiger partial charge on any atom is 0.246 e. The average Bonchev–Trinajstić information content (AvgIpc) is 2.24. The molecule has 0 aromatic rings. The van der Waals surface area contributed by atoms with E-state index in [-0.39, 0.29) is 18.3 Å². The summed E-state index contributed by atoms with van der Waals surface area (Å²) < 4.78 is 0. The molecule has 1 amide bonds. The molecule has 0 atom stereocenters. The standard InChI is InChI=1S/C8H16N2O.C4H10.ClH/c1-7(2)8(11)10-6-4-5-9-3;1-3-4-2;/h9H,1,4-6H2,2-3H3,(H,10,11);3-4H2,1-2H3;1H. The molecule has 0 aliphatic heterocycles. The van der Waals surface area contributed by atoms with Gasteiger partial charge in [0.1, 0.15) is 0 Å². The van der Waals surface area contributed by atoms with Gasteiger partial charge in [0.25, 0.3) is 0 Å². The first-order valence-corrected chi connectivity index (χ1v) is 5.68. The van der Waals surface area contributed by atoms with Crippen molar-refractivity contribution in [2.45, 2.75) is 40.0 Å². The molecule has 0 fully saturated rings. The molecule has 0 spiro atoms. The third kappa shape index (κ3) is 19.1. The summed E-state index contributed by atoms with van der Waals surface area (Å²) in [5, 5.41) is 5.74. The van der Waals surface area contributed by atoms with Crippen LogP contribution in [0.3, 0.4) is 0 Å². The Morgan fingerprint density at radius 3 is 2.00 bits per heavy atom. The van der Waals surface area contributed by atoms with Crippen LogP contribution in [0.5, 0.6) is 0 Å². The van der Waals surface area contributed by atoms with E-state index in [2.05, 4.69) is 31.1 Å². The summed E-state index contributed by atoms with van der Waals surface area (Å²) in [6.07, 6.45) is 3.59. The number of halogens is 1. The van der Waals surface area contributed by atoms with Crippen LogP contribution in [-0.4, -0.2) is 26.0 Å². The first-order valence-electron chi connectivity index (χ1n) is 5.68. The SMILES string of the molecule is C=C(C)C(=O)NCCCNC.CCCC.Cl. The van der Waals surface area contributed by atoms with Crippen molar-refractivity contribution < 1.29 is 4.79 Å². The van der Waals surface area contributed by atoms with Crippen LogP contribution in [0.25, 0.3) is 0 Å².